The van der Waals surface area contributed by atoms with Gasteiger partial charge in [0.25, 0.3) is 5.91 Å². The molecule has 4 heteroatoms. The van der Waals surface area contributed by atoms with Crippen LogP contribution in [0.4, 0.5) is 5.69 Å². The van der Waals surface area contributed by atoms with Crippen LogP contribution in [0.15, 0.2) is 55.1 Å². The molecule has 0 N–H and O–H groups in total. The lowest BCUT2D eigenvalue weighted by molar-refractivity contribution is -0.114. The largest absolute Gasteiger partial charge is 0.304 e. The van der Waals surface area contributed by atoms with Crippen LogP contribution >= 0.6 is 11.6 Å². The zero-order chi connectivity index (χ0) is 15.0. The van der Waals surface area contributed by atoms with E-state index >= 15 is 0 Å². The van der Waals surface area contributed by atoms with Crippen molar-refractivity contribution >= 4 is 29.0 Å². The summed E-state index contributed by atoms with van der Waals surface area (Å²) in [5.74, 6) is -0.361. The molecule has 3 rings (SSSR count). The van der Waals surface area contributed by atoms with Crippen LogP contribution in [0.2, 0.25) is 5.02 Å². The molecule has 1 aliphatic heterocycles. The molecule has 0 unspecified atom stereocenters. The van der Waals surface area contributed by atoms with E-state index in [1.165, 1.54) is 6.08 Å². The molecule has 2 aromatic carbocycles. The van der Waals surface area contributed by atoms with Gasteiger partial charge >= 0.3 is 0 Å². The second kappa shape index (κ2) is 5.19. The van der Waals surface area contributed by atoms with Crippen LogP contribution < -0.4 is 4.90 Å². The quantitative estimate of drug-likeness (QED) is 0.754. The number of carbonyl (C=O) groups excluding carboxylic acids is 2. The second-order valence-electron chi connectivity index (χ2n) is 4.78. The van der Waals surface area contributed by atoms with Gasteiger partial charge in [-0.05, 0) is 35.9 Å². The second-order valence-corrected chi connectivity index (χ2v) is 5.21. The van der Waals surface area contributed by atoms with E-state index < -0.39 is 0 Å². The van der Waals surface area contributed by atoms with Gasteiger partial charge in [0, 0.05) is 16.1 Å². The number of para-hydroxylation sites is 1. The number of fused-ring (bicyclic) bond motifs is 2. The summed E-state index contributed by atoms with van der Waals surface area (Å²) in [6, 6.07) is 12.2. The van der Waals surface area contributed by atoms with E-state index in [-0.39, 0.29) is 11.7 Å². The fraction of sp³-hybridized carbons (Fsp3) is 0.0588. The lowest BCUT2D eigenvalue weighted by Crippen LogP contribution is -2.28. The first-order chi connectivity index (χ1) is 10.1. The first-order valence-electron chi connectivity index (χ1n) is 6.48. The molecule has 0 spiro atoms. The number of rotatable bonds is 1. The van der Waals surface area contributed by atoms with Crippen molar-refractivity contribution in [3.63, 3.8) is 0 Å². The fourth-order valence-electron chi connectivity index (χ4n) is 2.51. The zero-order valence-corrected chi connectivity index (χ0v) is 11.9. The highest BCUT2D eigenvalue weighted by atomic mass is 35.5. The number of hydrogen-bond donors (Lipinski definition) is 0. The summed E-state index contributed by atoms with van der Waals surface area (Å²) in [7, 11) is 0. The van der Waals surface area contributed by atoms with Crippen molar-refractivity contribution in [2.45, 2.75) is 6.54 Å². The minimum atomic E-state index is -0.238. The van der Waals surface area contributed by atoms with Crippen molar-refractivity contribution < 1.29 is 9.59 Å². The van der Waals surface area contributed by atoms with E-state index in [1.807, 2.05) is 0 Å². The topological polar surface area (TPSA) is 37.4 Å². The number of anilines is 1. The highest BCUT2D eigenvalue weighted by Crippen LogP contribution is 2.31. The average Bonchev–Trinajstić information content (AvgIpc) is 2.63. The van der Waals surface area contributed by atoms with Gasteiger partial charge in [-0.15, -0.1) is 0 Å². The summed E-state index contributed by atoms with van der Waals surface area (Å²) >= 11 is 6.00. The molecule has 104 valence electrons. The third-order valence-electron chi connectivity index (χ3n) is 3.53. The molecule has 0 bridgehead atoms. The summed E-state index contributed by atoms with van der Waals surface area (Å²) in [5, 5.41) is 0.503. The van der Waals surface area contributed by atoms with E-state index in [4.69, 9.17) is 11.6 Å². The van der Waals surface area contributed by atoms with E-state index in [1.54, 1.807) is 47.4 Å². The van der Waals surface area contributed by atoms with Crippen molar-refractivity contribution in [1.82, 2.24) is 0 Å². The molecular weight excluding hydrogens is 286 g/mol. The third-order valence-corrected chi connectivity index (χ3v) is 3.76. The van der Waals surface area contributed by atoms with Gasteiger partial charge in [0.15, 0.2) is 5.78 Å². The Kier molecular flexibility index (Phi) is 3.35. The molecule has 0 aliphatic carbocycles. The molecule has 1 amide bonds. The van der Waals surface area contributed by atoms with E-state index in [0.29, 0.717) is 28.4 Å². The first kappa shape index (κ1) is 13.6. The predicted molar refractivity (Wildman–Crippen MR) is 82.7 cm³/mol. The molecule has 1 aliphatic rings. The monoisotopic (exact) mass is 297 g/mol. The van der Waals surface area contributed by atoms with E-state index in [2.05, 4.69) is 6.58 Å². The molecule has 0 atom stereocenters. The molecule has 0 fully saturated rings. The molecule has 3 nitrogen and oxygen atoms in total. The highest BCUT2D eigenvalue weighted by Gasteiger charge is 2.27. The van der Waals surface area contributed by atoms with Crippen molar-refractivity contribution in [3.8, 4) is 0 Å². The zero-order valence-electron chi connectivity index (χ0n) is 11.2. The molecule has 0 aromatic heterocycles. The molecule has 0 saturated heterocycles. The molecule has 21 heavy (non-hydrogen) atoms. The molecule has 1 heterocycles. The minimum Gasteiger partial charge on any atom is -0.304 e. The van der Waals surface area contributed by atoms with Crippen LogP contribution in [0.1, 0.15) is 21.5 Å². The Balaban J connectivity index is 2.26. The van der Waals surface area contributed by atoms with Crippen molar-refractivity contribution in [1.29, 1.82) is 0 Å². The van der Waals surface area contributed by atoms with Gasteiger partial charge in [-0.2, -0.15) is 0 Å². The van der Waals surface area contributed by atoms with Gasteiger partial charge in [0.1, 0.15) is 0 Å². The Morgan fingerprint density at radius 3 is 2.71 bits per heavy atom. The number of ketones is 1. The number of hydrogen-bond acceptors (Lipinski definition) is 2. The average molecular weight is 298 g/mol. The normalized spacial score (nSPS) is 13.2. The van der Waals surface area contributed by atoms with Gasteiger partial charge in [0.2, 0.25) is 0 Å². The maximum atomic E-state index is 12.7. The highest BCUT2D eigenvalue weighted by molar-refractivity contribution is 6.31. The van der Waals surface area contributed by atoms with Crippen molar-refractivity contribution in [3.05, 3.63) is 76.8 Å². The summed E-state index contributed by atoms with van der Waals surface area (Å²) in [6.07, 6.45) is 1.25. The van der Waals surface area contributed by atoms with Crippen LogP contribution in [0.25, 0.3) is 0 Å². The van der Waals surface area contributed by atoms with Crippen LogP contribution in [-0.2, 0) is 11.3 Å². The molecule has 0 saturated carbocycles. The molecule has 2 aromatic rings. The van der Waals surface area contributed by atoms with Gasteiger partial charge in [-0.1, -0.05) is 36.4 Å². The number of carbonyl (C=O) groups is 2. The lowest BCUT2D eigenvalue weighted by atomic mass is 9.99. The van der Waals surface area contributed by atoms with Gasteiger partial charge in [-0.3, -0.25) is 9.59 Å². The summed E-state index contributed by atoms with van der Waals surface area (Å²) in [6.45, 7) is 3.85. The Bertz CT molecular complexity index is 767. The summed E-state index contributed by atoms with van der Waals surface area (Å²) in [4.78, 5) is 26.4. The van der Waals surface area contributed by atoms with Gasteiger partial charge in [-0.25, -0.2) is 0 Å². The number of benzene rings is 2. The summed E-state index contributed by atoms with van der Waals surface area (Å²) in [5.41, 5.74) is 2.40. The fourth-order valence-corrected chi connectivity index (χ4v) is 2.68. The van der Waals surface area contributed by atoms with Crippen LogP contribution in [-0.4, -0.2) is 11.7 Å². The maximum Gasteiger partial charge on any atom is 0.250 e. The third kappa shape index (κ3) is 2.26. The van der Waals surface area contributed by atoms with Crippen LogP contribution in [0, 0.1) is 0 Å². The standard InChI is InChI=1S/C17H12ClNO2/c1-2-16(20)19-10-11-7-8-12(18)9-14(11)17(21)13-5-3-4-6-15(13)19/h2-9H,1,10H2. The predicted octanol–water partition coefficient (Wildman–Crippen LogP) is 3.60. The smallest absolute Gasteiger partial charge is 0.250 e. The Morgan fingerprint density at radius 1 is 1.19 bits per heavy atom. The van der Waals surface area contributed by atoms with Crippen LogP contribution in [0.5, 0.6) is 0 Å². The Morgan fingerprint density at radius 2 is 1.95 bits per heavy atom. The van der Waals surface area contributed by atoms with Crippen molar-refractivity contribution in [2.24, 2.45) is 0 Å². The van der Waals surface area contributed by atoms with E-state index in [9.17, 15) is 9.59 Å². The van der Waals surface area contributed by atoms with Crippen LogP contribution in [0.3, 0.4) is 0 Å². The summed E-state index contributed by atoms with van der Waals surface area (Å²) < 4.78 is 0. The van der Waals surface area contributed by atoms with Crippen molar-refractivity contribution in [2.75, 3.05) is 4.90 Å². The Hall–Kier alpha value is -2.39. The van der Waals surface area contributed by atoms with E-state index in [0.717, 1.165) is 5.56 Å². The van der Waals surface area contributed by atoms with Gasteiger partial charge < -0.3 is 4.90 Å². The molecular formula is C17H12ClNO2. The minimum absolute atomic E-state index is 0.123. The number of nitrogens with zero attached hydrogens (tertiary/aromatic N) is 1. The number of amides is 1. The number of halogens is 1. The maximum absolute atomic E-state index is 12.7. The lowest BCUT2D eigenvalue weighted by Gasteiger charge is -2.21. The molecule has 0 radical (unpaired) electrons. The SMILES string of the molecule is C=CC(=O)N1Cc2ccc(Cl)cc2C(=O)c2ccccc21. The van der Waals surface area contributed by atoms with Gasteiger partial charge in [0.05, 0.1) is 12.2 Å². The first-order valence-corrected chi connectivity index (χ1v) is 6.85. The Labute approximate surface area is 127 Å².